The highest BCUT2D eigenvalue weighted by Crippen LogP contribution is 2.36. The van der Waals surface area contributed by atoms with E-state index in [1.165, 1.54) is 32.2 Å². The molecule has 2 rings (SSSR count). The predicted molar refractivity (Wildman–Crippen MR) is 73.6 cm³/mol. The van der Waals surface area contributed by atoms with Gasteiger partial charge in [-0.3, -0.25) is 4.90 Å². The van der Waals surface area contributed by atoms with Gasteiger partial charge in [-0.05, 0) is 52.5 Å². The molecule has 0 aromatic rings. The number of hydrogen-bond donors (Lipinski definition) is 1. The number of aliphatic hydroxyl groups is 1. The molecular formula is C15H29NO2. The molecule has 0 bridgehead atoms. The van der Waals surface area contributed by atoms with Gasteiger partial charge in [0.25, 0.3) is 0 Å². The summed E-state index contributed by atoms with van der Waals surface area (Å²) >= 11 is 0. The quantitative estimate of drug-likeness (QED) is 0.819. The molecule has 3 heteroatoms. The van der Waals surface area contributed by atoms with Gasteiger partial charge in [0.05, 0.1) is 11.7 Å². The van der Waals surface area contributed by atoms with Gasteiger partial charge < -0.3 is 9.84 Å². The van der Waals surface area contributed by atoms with Gasteiger partial charge >= 0.3 is 0 Å². The van der Waals surface area contributed by atoms with Gasteiger partial charge in [0.2, 0.25) is 0 Å². The molecule has 0 spiro atoms. The van der Waals surface area contributed by atoms with Gasteiger partial charge in [-0.2, -0.15) is 0 Å². The van der Waals surface area contributed by atoms with E-state index in [0.717, 1.165) is 19.4 Å². The maximum atomic E-state index is 10.1. The lowest BCUT2D eigenvalue weighted by Crippen LogP contribution is -2.41. The first-order valence-electron chi connectivity index (χ1n) is 7.51. The molecule has 18 heavy (non-hydrogen) atoms. The first-order chi connectivity index (χ1) is 8.53. The first-order valence-corrected chi connectivity index (χ1v) is 7.51. The summed E-state index contributed by atoms with van der Waals surface area (Å²) < 4.78 is 5.50. The highest BCUT2D eigenvalue weighted by Gasteiger charge is 2.38. The van der Waals surface area contributed by atoms with E-state index in [1.54, 1.807) is 7.11 Å². The zero-order valence-corrected chi connectivity index (χ0v) is 12.2. The van der Waals surface area contributed by atoms with Crippen LogP contribution in [0, 0.1) is 5.92 Å². The number of rotatable bonds is 5. The molecule has 3 atom stereocenters. The van der Waals surface area contributed by atoms with Crippen LogP contribution in [-0.2, 0) is 4.74 Å². The number of likely N-dealkylation sites (tertiary alicyclic amines) is 1. The number of nitrogens with zero attached hydrogens (tertiary/aromatic N) is 1. The van der Waals surface area contributed by atoms with Crippen LogP contribution in [0.3, 0.4) is 0 Å². The minimum absolute atomic E-state index is 0.0264. The van der Waals surface area contributed by atoms with Gasteiger partial charge in [0.15, 0.2) is 0 Å². The second-order valence-electron chi connectivity index (χ2n) is 6.62. The zero-order valence-electron chi connectivity index (χ0n) is 12.2. The maximum Gasteiger partial charge on any atom is 0.0634 e. The molecule has 1 heterocycles. The Labute approximate surface area is 112 Å². The summed E-state index contributed by atoms with van der Waals surface area (Å²) in [6.07, 6.45) is 7.03. The average Bonchev–Trinajstić information content (AvgIpc) is 2.94. The molecule has 3 nitrogen and oxygen atoms in total. The van der Waals surface area contributed by atoms with Crippen molar-refractivity contribution in [3.63, 3.8) is 0 Å². The molecule has 2 fully saturated rings. The van der Waals surface area contributed by atoms with E-state index in [-0.39, 0.29) is 11.7 Å². The lowest BCUT2D eigenvalue weighted by Gasteiger charge is -2.33. The predicted octanol–water partition coefficient (Wildman–Crippen LogP) is 2.43. The van der Waals surface area contributed by atoms with Crippen LogP contribution in [0.25, 0.3) is 0 Å². The molecule has 1 aliphatic heterocycles. The van der Waals surface area contributed by atoms with E-state index in [4.69, 9.17) is 4.74 Å². The van der Waals surface area contributed by atoms with Crippen molar-refractivity contribution in [2.45, 2.75) is 70.1 Å². The Morgan fingerprint density at radius 2 is 2.00 bits per heavy atom. The largest absolute Gasteiger partial charge is 0.393 e. The third kappa shape index (κ3) is 3.25. The third-order valence-corrected chi connectivity index (χ3v) is 4.99. The minimum Gasteiger partial charge on any atom is -0.393 e. The standard InChI is InChI=1S/C15H29NO2/c1-15(2,18-3)9-11-16-10-5-7-13(16)12-6-4-8-14(12)17/h12-14,17H,4-11H2,1-3H3. The minimum atomic E-state index is -0.0500. The van der Waals surface area contributed by atoms with Crippen LogP contribution < -0.4 is 0 Å². The Morgan fingerprint density at radius 1 is 1.22 bits per heavy atom. The molecular weight excluding hydrogens is 226 g/mol. The number of hydrogen-bond acceptors (Lipinski definition) is 3. The number of methoxy groups -OCH3 is 1. The average molecular weight is 255 g/mol. The van der Waals surface area contributed by atoms with Gasteiger partial charge in [0.1, 0.15) is 0 Å². The van der Waals surface area contributed by atoms with Gasteiger partial charge in [-0.1, -0.05) is 6.42 Å². The number of ether oxygens (including phenoxy) is 1. The Morgan fingerprint density at radius 3 is 2.61 bits per heavy atom. The zero-order chi connectivity index (χ0) is 13.2. The van der Waals surface area contributed by atoms with Crippen molar-refractivity contribution in [2.75, 3.05) is 20.2 Å². The topological polar surface area (TPSA) is 32.7 Å². The van der Waals surface area contributed by atoms with E-state index in [2.05, 4.69) is 18.7 Å². The van der Waals surface area contributed by atoms with E-state index in [0.29, 0.717) is 12.0 Å². The SMILES string of the molecule is COC(C)(C)CCN1CCCC1C1CCCC1O. The fourth-order valence-electron chi connectivity index (χ4n) is 3.55. The van der Waals surface area contributed by atoms with Crippen molar-refractivity contribution in [1.29, 1.82) is 0 Å². The second kappa shape index (κ2) is 5.89. The summed E-state index contributed by atoms with van der Waals surface area (Å²) in [5.41, 5.74) is -0.0264. The summed E-state index contributed by atoms with van der Waals surface area (Å²) in [6.45, 7) is 6.62. The molecule has 1 saturated carbocycles. The van der Waals surface area contributed by atoms with Crippen LogP contribution in [0.1, 0.15) is 52.4 Å². The fourth-order valence-corrected chi connectivity index (χ4v) is 3.55. The third-order valence-electron chi connectivity index (χ3n) is 4.99. The van der Waals surface area contributed by atoms with Crippen molar-refractivity contribution in [2.24, 2.45) is 5.92 Å². The molecule has 3 unspecified atom stereocenters. The van der Waals surface area contributed by atoms with Crippen molar-refractivity contribution in [3.8, 4) is 0 Å². The normalized spacial score (nSPS) is 34.3. The van der Waals surface area contributed by atoms with E-state index < -0.39 is 0 Å². The summed E-state index contributed by atoms with van der Waals surface area (Å²) in [4.78, 5) is 2.60. The lowest BCUT2D eigenvalue weighted by atomic mass is 9.93. The van der Waals surface area contributed by atoms with Crippen LogP contribution in [0.5, 0.6) is 0 Å². The van der Waals surface area contributed by atoms with Crippen molar-refractivity contribution in [3.05, 3.63) is 0 Å². The van der Waals surface area contributed by atoms with E-state index in [9.17, 15) is 5.11 Å². The van der Waals surface area contributed by atoms with Crippen LogP contribution in [0.15, 0.2) is 0 Å². The Bertz CT molecular complexity index is 267. The molecule has 1 N–H and O–H groups in total. The van der Waals surface area contributed by atoms with E-state index >= 15 is 0 Å². The van der Waals surface area contributed by atoms with Crippen molar-refractivity contribution >= 4 is 0 Å². The molecule has 0 aromatic carbocycles. The van der Waals surface area contributed by atoms with Crippen LogP contribution in [0.2, 0.25) is 0 Å². The molecule has 1 saturated heterocycles. The fraction of sp³-hybridized carbons (Fsp3) is 1.00. The Kier molecular flexibility index (Phi) is 4.68. The Hall–Kier alpha value is -0.120. The second-order valence-corrected chi connectivity index (χ2v) is 6.62. The summed E-state index contributed by atoms with van der Waals surface area (Å²) in [5, 5.41) is 10.1. The maximum absolute atomic E-state index is 10.1. The van der Waals surface area contributed by atoms with Crippen molar-refractivity contribution in [1.82, 2.24) is 4.90 Å². The highest BCUT2D eigenvalue weighted by atomic mass is 16.5. The van der Waals surface area contributed by atoms with Crippen LogP contribution in [-0.4, -0.2) is 48.0 Å². The molecule has 106 valence electrons. The highest BCUT2D eigenvalue weighted by molar-refractivity contribution is 4.92. The smallest absolute Gasteiger partial charge is 0.0634 e. The van der Waals surface area contributed by atoms with E-state index in [1.807, 2.05) is 0 Å². The first kappa shape index (κ1) is 14.3. The van der Waals surface area contributed by atoms with Crippen molar-refractivity contribution < 1.29 is 9.84 Å². The lowest BCUT2D eigenvalue weighted by molar-refractivity contribution is 0.000962. The molecule has 0 radical (unpaired) electrons. The summed E-state index contributed by atoms with van der Waals surface area (Å²) in [7, 11) is 1.79. The Balaban J connectivity index is 1.87. The molecule has 1 aliphatic carbocycles. The van der Waals surface area contributed by atoms with Crippen LogP contribution >= 0.6 is 0 Å². The summed E-state index contributed by atoms with van der Waals surface area (Å²) in [5.74, 6) is 0.526. The number of aliphatic hydroxyl groups excluding tert-OH is 1. The monoisotopic (exact) mass is 255 g/mol. The summed E-state index contributed by atoms with van der Waals surface area (Å²) in [6, 6.07) is 0.621. The van der Waals surface area contributed by atoms with Gasteiger partial charge in [-0.25, -0.2) is 0 Å². The molecule has 0 amide bonds. The molecule has 0 aromatic heterocycles. The molecule has 2 aliphatic rings. The van der Waals surface area contributed by atoms with Crippen LogP contribution in [0.4, 0.5) is 0 Å². The van der Waals surface area contributed by atoms with Gasteiger partial charge in [-0.15, -0.1) is 0 Å². The van der Waals surface area contributed by atoms with Gasteiger partial charge in [0, 0.05) is 25.6 Å².